The molecule has 0 aliphatic heterocycles. The van der Waals surface area contributed by atoms with Crippen LogP contribution in [0.2, 0.25) is 0 Å². The number of furan rings is 1. The van der Waals surface area contributed by atoms with Crippen LogP contribution in [0.3, 0.4) is 0 Å². The number of hydrogen-bond acceptors (Lipinski definition) is 6. The van der Waals surface area contributed by atoms with Gasteiger partial charge in [0.2, 0.25) is 0 Å². The first kappa shape index (κ1) is 39.7. The predicted octanol–water partition coefficient (Wildman–Crippen LogP) is 13.2. The van der Waals surface area contributed by atoms with E-state index in [4.69, 9.17) is 9.40 Å². The van der Waals surface area contributed by atoms with E-state index in [-0.39, 0.29) is 47.9 Å². The average Bonchev–Trinajstić information content (AvgIpc) is 3.61. The zero-order chi connectivity index (χ0) is 34.7. The molecule has 0 atom stereocenters. The summed E-state index contributed by atoms with van der Waals surface area (Å²) in [5.41, 5.74) is 4.78. The number of pyridine rings is 1. The summed E-state index contributed by atoms with van der Waals surface area (Å²) in [7, 11) is 0. The van der Waals surface area contributed by atoms with Crippen molar-refractivity contribution in [1.29, 1.82) is 0 Å². The Balaban J connectivity index is 0.000000301. The zero-order valence-corrected chi connectivity index (χ0v) is 34.1. The molecule has 0 bridgehead atoms. The van der Waals surface area contributed by atoms with Crippen LogP contribution in [-0.2, 0) is 30.3 Å². The normalized spacial score (nSPS) is 12.6. The van der Waals surface area contributed by atoms with E-state index in [0.29, 0.717) is 0 Å². The van der Waals surface area contributed by atoms with Gasteiger partial charge in [0.15, 0.2) is 5.78 Å². The van der Waals surface area contributed by atoms with Crippen molar-refractivity contribution >= 4 is 60.0 Å². The standard InChI is InChI=1S/C26H22NOS2.C15H28O2.Ir/c1-6-29-21-8-7-16(11-19(21)26(3,4)5)25-24-18-12-20-17(15(2)14-28-20)13-23(18)30-22(24)9-10-27-25;1-7-14(5,8-2)12(16)11-13(17)15(6,9-3)10-4;/h6,8-14H,1H2,2-5H3;11,16H,7-10H2,1-6H3;/q-1;;/b;12-11-;. The van der Waals surface area contributed by atoms with Crippen molar-refractivity contribution in [1.82, 2.24) is 4.98 Å². The van der Waals surface area contributed by atoms with Crippen molar-refractivity contribution in [2.24, 2.45) is 10.8 Å². The van der Waals surface area contributed by atoms with Crippen LogP contribution in [0.25, 0.3) is 42.4 Å². The minimum atomic E-state index is -0.337. The number of aromatic nitrogens is 1. The summed E-state index contributed by atoms with van der Waals surface area (Å²) in [5, 5.41) is 15.5. The molecule has 3 aromatic heterocycles. The number of nitrogens with zero attached hydrogens (tertiary/aromatic N) is 1. The number of aryl methyl sites for hydroxylation is 1. The minimum absolute atomic E-state index is 0. The number of thioether (sulfide) groups is 1. The number of benzene rings is 2. The number of thiophene rings is 1. The molecule has 0 amide bonds. The predicted molar refractivity (Wildman–Crippen MR) is 204 cm³/mol. The van der Waals surface area contributed by atoms with Crippen molar-refractivity contribution in [2.75, 3.05) is 0 Å². The summed E-state index contributed by atoms with van der Waals surface area (Å²) in [6, 6.07) is 14.3. The summed E-state index contributed by atoms with van der Waals surface area (Å²) in [6.07, 6.45) is 8.48. The molecule has 0 saturated carbocycles. The van der Waals surface area contributed by atoms with Crippen molar-refractivity contribution in [3.05, 3.63) is 83.8 Å². The molecule has 0 spiro atoms. The summed E-state index contributed by atoms with van der Waals surface area (Å²) >= 11 is 3.45. The van der Waals surface area contributed by atoms with E-state index in [0.717, 1.165) is 42.5 Å². The van der Waals surface area contributed by atoms with Gasteiger partial charge in [-0.1, -0.05) is 73.8 Å². The van der Waals surface area contributed by atoms with Crippen LogP contribution < -0.4 is 0 Å². The third-order valence-corrected chi connectivity index (χ3v) is 11.9. The Bertz CT molecular complexity index is 1930. The van der Waals surface area contributed by atoms with Gasteiger partial charge in [-0.05, 0) is 83.7 Å². The minimum Gasteiger partial charge on any atom is -0.512 e. The third kappa shape index (κ3) is 8.02. The maximum absolute atomic E-state index is 12.2. The third-order valence-electron chi connectivity index (χ3n) is 10.1. The van der Waals surface area contributed by atoms with Crippen LogP contribution in [0.1, 0.15) is 99.1 Å². The molecule has 5 rings (SSSR count). The molecule has 7 heteroatoms. The fraction of sp³-hybridized carbons (Fsp3) is 0.415. The molecule has 0 fully saturated rings. The molecule has 0 unspecified atom stereocenters. The first-order chi connectivity index (χ1) is 22.2. The molecular weight excluding hydrogens is 811 g/mol. The number of hydrogen-bond donors (Lipinski definition) is 1. The van der Waals surface area contributed by atoms with Gasteiger partial charge in [0, 0.05) is 58.0 Å². The smallest absolute Gasteiger partial charge is 0.164 e. The number of ketones is 1. The second-order valence-electron chi connectivity index (χ2n) is 14.0. The van der Waals surface area contributed by atoms with Gasteiger partial charge in [0.25, 0.3) is 0 Å². The van der Waals surface area contributed by atoms with E-state index in [1.165, 1.54) is 47.7 Å². The van der Waals surface area contributed by atoms with Gasteiger partial charge in [0.05, 0.1) is 6.26 Å². The monoisotopic (exact) mass is 861 g/mol. The Morgan fingerprint density at radius 1 is 1.00 bits per heavy atom. The van der Waals surface area contributed by atoms with E-state index < -0.39 is 0 Å². The van der Waals surface area contributed by atoms with Crippen LogP contribution in [0.15, 0.2) is 75.9 Å². The van der Waals surface area contributed by atoms with Crippen molar-refractivity contribution in [2.45, 2.75) is 105 Å². The van der Waals surface area contributed by atoms with Gasteiger partial charge in [-0.2, -0.15) is 11.8 Å². The molecule has 1 radical (unpaired) electrons. The number of aliphatic hydroxyl groups is 1. The number of aliphatic hydroxyl groups excluding tert-OH is 1. The second kappa shape index (κ2) is 15.9. The summed E-state index contributed by atoms with van der Waals surface area (Å²) < 4.78 is 8.28. The molecule has 48 heavy (non-hydrogen) atoms. The molecule has 5 aromatic rings. The SMILES string of the molecule is C=CSc1c[c-]c(-c2nccc3sc4cc5c(C)coc5cc4c23)cc1C(C)(C)C.CCC(C)(CC)C(=O)/C=C(\O)C(C)(CC)CC.[Ir]. The van der Waals surface area contributed by atoms with Crippen molar-refractivity contribution in [3.63, 3.8) is 0 Å². The van der Waals surface area contributed by atoms with E-state index in [9.17, 15) is 9.90 Å². The topological polar surface area (TPSA) is 63.3 Å². The largest absolute Gasteiger partial charge is 0.512 e. The van der Waals surface area contributed by atoms with Crippen LogP contribution in [0.4, 0.5) is 0 Å². The summed E-state index contributed by atoms with van der Waals surface area (Å²) in [6.45, 7) is 24.8. The van der Waals surface area contributed by atoms with Gasteiger partial charge < -0.3 is 14.5 Å². The number of carbonyl (C=O) groups excluding carboxylic acids is 1. The van der Waals surface area contributed by atoms with Crippen LogP contribution in [0, 0.1) is 23.8 Å². The van der Waals surface area contributed by atoms with E-state index in [2.05, 4.69) is 70.7 Å². The molecule has 0 aliphatic rings. The molecular formula is C41H50IrNO3S2-. The molecule has 0 saturated heterocycles. The van der Waals surface area contributed by atoms with Crippen molar-refractivity contribution < 1.29 is 34.4 Å². The van der Waals surface area contributed by atoms with Crippen LogP contribution in [-0.4, -0.2) is 15.9 Å². The van der Waals surface area contributed by atoms with E-state index in [1.807, 2.05) is 59.4 Å². The summed E-state index contributed by atoms with van der Waals surface area (Å²) in [4.78, 5) is 18.2. The molecule has 4 nitrogen and oxygen atoms in total. The molecule has 2 aromatic carbocycles. The number of allylic oxidation sites excluding steroid dienone is 2. The quantitative estimate of drug-likeness (QED) is 0.0656. The first-order valence-corrected chi connectivity index (χ1v) is 18.3. The van der Waals surface area contributed by atoms with Gasteiger partial charge in [-0.3, -0.25) is 4.79 Å². The number of carbonyl (C=O) groups is 1. The Kier molecular flexibility index (Phi) is 13.2. The Morgan fingerprint density at radius 3 is 2.23 bits per heavy atom. The Morgan fingerprint density at radius 2 is 1.65 bits per heavy atom. The fourth-order valence-electron chi connectivity index (χ4n) is 5.64. The van der Waals surface area contributed by atoms with E-state index >= 15 is 0 Å². The molecule has 1 N–H and O–H groups in total. The second-order valence-corrected chi connectivity index (χ2v) is 16.1. The first-order valence-electron chi connectivity index (χ1n) is 16.6. The van der Waals surface area contributed by atoms with Gasteiger partial charge >= 0.3 is 0 Å². The maximum atomic E-state index is 12.2. The molecule has 3 heterocycles. The Hall–Kier alpha value is -2.70. The van der Waals surface area contributed by atoms with Crippen molar-refractivity contribution in [3.8, 4) is 11.3 Å². The molecule has 259 valence electrons. The van der Waals surface area contributed by atoms with E-state index in [1.54, 1.807) is 23.1 Å². The number of rotatable bonds is 10. The maximum Gasteiger partial charge on any atom is 0.164 e. The zero-order valence-electron chi connectivity index (χ0n) is 30.1. The van der Waals surface area contributed by atoms with Gasteiger partial charge in [0.1, 0.15) is 11.3 Å². The fourth-order valence-corrected chi connectivity index (χ4v) is 7.57. The Labute approximate surface area is 308 Å². The van der Waals surface area contributed by atoms with Crippen LogP contribution in [0.5, 0.6) is 0 Å². The van der Waals surface area contributed by atoms with Gasteiger partial charge in [-0.15, -0.1) is 40.7 Å². The number of fused-ring (bicyclic) bond motifs is 4. The molecule has 0 aliphatic carbocycles. The van der Waals surface area contributed by atoms with Crippen LogP contribution >= 0.6 is 23.1 Å². The van der Waals surface area contributed by atoms with Gasteiger partial charge in [-0.25, -0.2) is 0 Å². The summed E-state index contributed by atoms with van der Waals surface area (Å²) in [5.74, 6) is 0.286. The average molecular weight is 861 g/mol.